The van der Waals surface area contributed by atoms with E-state index in [-0.39, 0.29) is 5.92 Å². The highest BCUT2D eigenvalue weighted by atomic mass is 35.5. The fraction of sp³-hybridized carbons (Fsp3) is 0.182. The summed E-state index contributed by atoms with van der Waals surface area (Å²) in [4.78, 5) is 10.1. The summed E-state index contributed by atoms with van der Waals surface area (Å²) >= 11 is 11.9. The largest absolute Gasteiger partial charge is 0.299 e. The first-order valence-electron chi connectivity index (χ1n) is 4.22. The van der Waals surface area contributed by atoms with Crippen molar-refractivity contribution in [2.75, 3.05) is 0 Å². The van der Waals surface area contributed by atoms with Crippen LogP contribution in [0.1, 0.15) is 18.4 Å². The predicted octanol–water partition coefficient (Wildman–Crippen LogP) is 3.85. The molecule has 1 aromatic carbocycles. The summed E-state index contributed by atoms with van der Waals surface area (Å²) in [5.41, 5.74) is 0.928. The van der Waals surface area contributed by atoms with Crippen LogP contribution < -0.4 is 0 Å². The predicted molar refractivity (Wildman–Crippen MR) is 60.1 cm³/mol. The quantitative estimate of drug-likeness (QED) is 0.568. The molecule has 1 nitrogen and oxygen atoms in total. The van der Waals surface area contributed by atoms with Crippen molar-refractivity contribution < 1.29 is 4.79 Å². The average Bonchev–Trinajstić information content (AvgIpc) is 2.18. The molecule has 0 bridgehead atoms. The van der Waals surface area contributed by atoms with Crippen molar-refractivity contribution >= 4 is 29.5 Å². The van der Waals surface area contributed by atoms with Crippen molar-refractivity contribution in [3.8, 4) is 0 Å². The highest BCUT2D eigenvalue weighted by molar-refractivity contribution is 6.42. The Morgan fingerprint density at radius 1 is 1.36 bits per heavy atom. The van der Waals surface area contributed by atoms with Gasteiger partial charge >= 0.3 is 0 Å². The number of hydrogen-bond donors (Lipinski definition) is 0. The number of allylic oxidation sites excluding steroid dienone is 2. The van der Waals surface area contributed by atoms with E-state index in [0.29, 0.717) is 10.0 Å². The second-order valence-electron chi connectivity index (χ2n) is 2.95. The van der Waals surface area contributed by atoms with Crippen molar-refractivity contribution in [3.05, 3.63) is 46.0 Å². The lowest BCUT2D eigenvalue weighted by molar-refractivity contribution is -0.104. The van der Waals surface area contributed by atoms with Crippen molar-refractivity contribution in [1.82, 2.24) is 0 Å². The van der Waals surface area contributed by atoms with Crippen LogP contribution in [0.15, 0.2) is 30.4 Å². The molecule has 0 fully saturated rings. The molecular weight excluding hydrogens is 219 g/mol. The smallest absolute Gasteiger partial charge is 0.142 e. The topological polar surface area (TPSA) is 17.1 Å². The molecule has 3 heteroatoms. The van der Waals surface area contributed by atoms with Gasteiger partial charge in [0.1, 0.15) is 6.29 Å². The molecule has 1 atom stereocenters. The summed E-state index contributed by atoms with van der Waals surface area (Å²) in [5.74, 6) is 0.0893. The van der Waals surface area contributed by atoms with Crippen LogP contribution in [0, 0.1) is 0 Å². The molecule has 0 aromatic heterocycles. The molecule has 0 aliphatic heterocycles. The molecule has 0 aliphatic carbocycles. The third-order valence-electron chi connectivity index (χ3n) is 1.95. The lowest BCUT2D eigenvalue weighted by Crippen LogP contribution is -1.90. The number of benzene rings is 1. The standard InChI is InChI=1S/C11H10Cl2O/c1-8(4-3-7-14)9-5-2-6-10(12)11(9)13/h2-8H,1H3. The summed E-state index contributed by atoms with van der Waals surface area (Å²) in [7, 11) is 0. The van der Waals surface area contributed by atoms with E-state index in [1.807, 2.05) is 19.1 Å². The number of rotatable bonds is 3. The van der Waals surface area contributed by atoms with Crippen LogP contribution in [-0.4, -0.2) is 6.29 Å². The van der Waals surface area contributed by atoms with E-state index in [4.69, 9.17) is 23.2 Å². The number of carbonyl (C=O) groups excluding carboxylic acids is 1. The van der Waals surface area contributed by atoms with Crippen LogP contribution in [0.5, 0.6) is 0 Å². The summed E-state index contributed by atoms with van der Waals surface area (Å²) < 4.78 is 0. The van der Waals surface area contributed by atoms with E-state index in [2.05, 4.69) is 0 Å². The van der Waals surface area contributed by atoms with Gasteiger partial charge in [0, 0.05) is 5.92 Å². The first-order chi connectivity index (χ1) is 6.66. The van der Waals surface area contributed by atoms with Crippen LogP contribution in [-0.2, 0) is 4.79 Å². The van der Waals surface area contributed by atoms with E-state index in [0.717, 1.165) is 11.8 Å². The molecule has 0 heterocycles. The van der Waals surface area contributed by atoms with Gasteiger partial charge in [0.2, 0.25) is 0 Å². The second kappa shape index (κ2) is 5.18. The summed E-state index contributed by atoms with van der Waals surface area (Å²) in [6, 6.07) is 5.48. The van der Waals surface area contributed by atoms with Crippen LogP contribution in [0.3, 0.4) is 0 Å². The Morgan fingerprint density at radius 2 is 2.07 bits per heavy atom. The Balaban J connectivity index is 3.00. The fourth-order valence-corrected chi connectivity index (χ4v) is 1.67. The molecule has 0 spiro atoms. The third-order valence-corrected chi connectivity index (χ3v) is 2.78. The summed E-state index contributed by atoms with van der Waals surface area (Å²) in [6.07, 6.45) is 3.99. The monoisotopic (exact) mass is 228 g/mol. The average molecular weight is 229 g/mol. The van der Waals surface area contributed by atoms with E-state index in [9.17, 15) is 4.79 Å². The molecule has 14 heavy (non-hydrogen) atoms. The van der Waals surface area contributed by atoms with Gasteiger partial charge in [-0.25, -0.2) is 0 Å². The van der Waals surface area contributed by atoms with Crippen molar-refractivity contribution in [1.29, 1.82) is 0 Å². The third kappa shape index (κ3) is 2.60. The van der Waals surface area contributed by atoms with Gasteiger partial charge < -0.3 is 0 Å². The maximum atomic E-state index is 10.1. The van der Waals surface area contributed by atoms with E-state index in [1.165, 1.54) is 6.08 Å². The minimum absolute atomic E-state index is 0.0893. The highest BCUT2D eigenvalue weighted by Crippen LogP contribution is 2.31. The molecule has 1 unspecified atom stereocenters. The molecule has 0 aliphatic rings. The molecule has 0 radical (unpaired) electrons. The van der Waals surface area contributed by atoms with Gasteiger partial charge in [-0.2, -0.15) is 0 Å². The molecule has 0 saturated heterocycles. The van der Waals surface area contributed by atoms with Crippen molar-refractivity contribution in [2.24, 2.45) is 0 Å². The first kappa shape index (κ1) is 11.3. The van der Waals surface area contributed by atoms with Gasteiger partial charge in [-0.05, 0) is 17.7 Å². The van der Waals surface area contributed by atoms with Gasteiger partial charge in [0.15, 0.2) is 0 Å². The van der Waals surface area contributed by atoms with Crippen molar-refractivity contribution in [3.63, 3.8) is 0 Å². The van der Waals surface area contributed by atoms with Crippen LogP contribution in [0.25, 0.3) is 0 Å². The van der Waals surface area contributed by atoms with Crippen molar-refractivity contribution in [2.45, 2.75) is 12.8 Å². The lowest BCUT2D eigenvalue weighted by atomic mass is 10.0. The molecule has 74 valence electrons. The van der Waals surface area contributed by atoms with E-state index in [1.54, 1.807) is 12.1 Å². The zero-order chi connectivity index (χ0) is 10.6. The van der Waals surface area contributed by atoms with Gasteiger partial charge in [0.25, 0.3) is 0 Å². The minimum Gasteiger partial charge on any atom is -0.299 e. The lowest BCUT2D eigenvalue weighted by Gasteiger charge is -2.09. The Bertz CT molecular complexity index is 358. The molecule has 1 rings (SSSR count). The highest BCUT2D eigenvalue weighted by Gasteiger charge is 2.08. The maximum Gasteiger partial charge on any atom is 0.142 e. The number of carbonyl (C=O) groups is 1. The van der Waals surface area contributed by atoms with E-state index < -0.39 is 0 Å². The molecule has 0 N–H and O–H groups in total. The van der Waals surface area contributed by atoms with Gasteiger partial charge in [-0.15, -0.1) is 0 Å². The van der Waals surface area contributed by atoms with Crippen LogP contribution in [0.4, 0.5) is 0 Å². The molecular formula is C11H10Cl2O. The second-order valence-corrected chi connectivity index (χ2v) is 3.74. The van der Waals surface area contributed by atoms with Crippen LogP contribution >= 0.6 is 23.2 Å². The fourth-order valence-electron chi connectivity index (χ4n) is 1.19. The zero-order valence-electron chi connectivity index (χ0n) is 7.71. The Morgan fingerprint density at radius 3 is 2.71 bits per heavy atom. The number of aldehydes is 1. The maximum absolute atomic E-state index is 10.1. The van der Waals surface area contributed by atoms with Crippen LogP contribution in [0.2, 0.25) is 10.0 Å². The molecule has 0 saturated carbocycles. The van der Waals surface area contributed by atoms with E-state index >= 15 is 0 Å². The molecule has 1 aromatic rings. The molecule has 0 amide bonds. The summed E-state index contributed by atoms with van der Waals surface area (Å²) in [5, 5.41) is 1.09. The Hall–Kier alpha value is -0.790. The number of hydrogen-bond acceptors (Lipinski definition) is 1. The minimum atomic E-state index is 0.0893. The SMILES string of the molecule is CC(C=CC=O)c1cccc(Cl)c1Cl. The van der Waals surface area contributed by atoms with Gasteiger partial charge in [-0.1, -0.05) is 48.3 Å². The normalized spacial score (nSPS) is 13.1. The van der Waals surface area contributed by atoms with Gasteiger partial charge in [0.05, 0.1) is 10.0 Å². The Labute approximate surface area is 93.3 Å². The zero-order valence-corrected chi connectivity index (χ0v) is 9.22. The Kier molecular flexibility index (Phi) is 4.18. The first-order valence-corrected chi connectivity index (χ1v) is 4.98. The van der Waals surface area contributed by atoms with Gasteiger partial charge in [-0.3, -0.25) is 4.79 Å². The number of halogens is 2. The summed E-state index contributed by atoms with van der Waals surface area (Å²) in [6.45, 7) is 1.96.